The fraction of sp³-hybridized carbons (Fsp3) is 0.897. The Morgan fingerprint density at radius 1 is 0.257 bits per heavy atom. The average molecular weight is 1040 g/mol. The van der Waals surface area contributed by atoms with E-state index in [9.17, 15) is 14.4 Å². The van der Waals surface area contributed by atoms with Gasteiger partial charge in [-0.3, -0.25) is 14.4 Å². The molecule has 0 saturated heterocycles. The lowest BCUT2D eigenvalue weighted by atomic mass is 10.0. The molecule has 0 aliphatic carbocycles. The van der Waals surface area contributed by atoms with E-state index >= 15 is 0 Å². The minimum atomic E-state index is -0.773. The third kappa shape index (κ3) is 60.8. The second kappa shape index (κ2) is 63.4. The molecule has 0 radical (unpaired) electrons. The zero-order valence-electron chi connectivity index (χ0n) is 50.1. The summed E-state index contributed by atoms with van der Waals surface area (Å²) in [5.41, 5.74) is 0. The zero-order chi connectivity index (χ0) is 53.6. The van der Waals surface area contributed by atoms with E-state index in [0.29, 0.717) is 19.3 Å². The highest BCUT2D eigenvalue weighted by Crippen LogP contribution is 2.18. The normalized spacial score (nSPS) is 12.1. The number of ether oxygens (including phenoxy) is 3. The van der Waals surface area contributed by atoms with Gasteiger partial charge in [0.2, 0.25) is 0 Å². The third-order valence-corrected chi connectivity index (χ3v) is 15.2. The van der Waals surface area contributed by atoms with Gasteiger partial charge < -0.3 is 14.2 Å². The average Bonchev–Trinajstić information content (AvgIpc) is 3.40. The van der Waals surface area contributed by atoms with Gasteiger partial charge in [0, 0.05) is 19.3 Å². The van der Waals surface area contributed by atoms with Gasteiger partial charge in [0.1, 0.15) is 13.2 Å². The summed E-state index contributed by atoms with van der Waals surface area (Å²) in [5, 5.41) is 0. The van der Waals surface area contributed by atoms with Crippen LogP contribution in [0.4, 0.5) is 0 Å². The fourth-order valence-electron chi connectivity index (χ4n) is 10.1. The van der Waals surface area contributed by atoms with Crippen LogP contribution in [0.1, 0.15) is 374 Å². The van der Waals surface area contributed by atoms with Crippen LogP contribution in [0.3, 0.4) is 0 Å². The predicted molar refractivity (Wildman–Crippen MR) is 321 cm³/mol. The topological polar surface area (TPSA) is 78.9 Å². The first kappa shape index (κ1) is 71.9. The van der Waals surface area contributed by atoms with Crippen LogP contribution < -0.4 is 0 Å². The second-order valence-electron chi connectivity index (χ2n) is 22.7. The Balaban J connectivity index is 4.28. The van der Waals surface area contributed by atoms with E-state index in [1.54, 1.807) is 0 Å². The SMILES string of the molecule is CCCCCCC/C=C\CCCCCCCC(=O)OCC(COC(=O)CCCCCCCCCCC/C=C\CCCCCCCCCC)OC(=O)CCCCCCCCCCCCCCCCCCCCCCC. The van der Waals surface area contributed by atoms with Crippen LogP contribution in [-0.4, -0.2) is 37.2 Å². The molecule has 0 rings (SSSR count). The Labute approximate surface area is 462 Å². The molecule has 436 valence electrons. The van der Waals surface area contributed by atoms with Gasteiger partial charge in [-0.2, -0.15) is 0 Å². The molecule has 0 amide bonds. The van der Waals surface area contributed by atoms with Gasteiger partial charge in [0.05, 0.1) is 0 Å². The van der Waals surface area contributed by atoms with E-state index in [2.05, 4.69) is 45.1 Å². The highest BCUT2D eigenvalue weighted by atomic mass is 16.6. The largest absolute Gasteiger partial charge is 0.462 e. The molecule has 0 saturated carbocycles. The van der Waals surface area contributed by atoms with E-state index in [1.165, 1.54) is 270 Å². The lowest BCUT2D eigenvalue weighted by Crippen LogP contribution is -2.30. The Morgan fingerprint density at radius 3 is 0.676 bits per heavy atom. The fourth-order valence-corrected chi connectivity index (χ4v) is 10.1. The van der Waals surface area contributed by atoms with Crippen LogP contribution in [0, 0.1) is 0 Å². The molecule has 1 unspecified atom stereocenters. The van der Waals surface area contributed by atoms with Gasteiger partial charge in [-0.25, -0.2) is 0 Å². The van der Waals surface area contributed by atoms with Crippen molar-refractivity contribution in [2.24, 2.45) is 0 Å². The first-order valence-corrected chi connectivity index (χ1v) is 33.3. The van der Waals surface area contributed by atoms with Crippen molar-refractivity contribution < 1.29 is 28.6 Å². The monoisotopic (exact) mass is 1040 g/mol. The third-order valence-electron chi connectivity index (χ3n) is 15.2. The van der Waals surface area contributed by atoms with Crippen LogP contribution in [0.15, 0.2) is 24.3 Å². The highest BCUT2D eigenvalue weighted by Gasteiger charge is 2.19. The molecule has 0 N–H and O–H groups in total. The van der Waals surface area contributed by atoms with E-state index in [0.717, 1.165) is 64.2 Å². The van der Waals surface area contributed by atoms with Crippen LogP contribution in [0.2, 0.25) is 0 Å². The molecule has 0 aliphatic heterocycles. The Bertz CT molecular complexity index is 1190. The standard InChI is InChI=1S/C68H128O6/c1-4-7-10-13-16-19-22-25-28-30-32-34-36-38-40-43-46-49-52-55-58-61-67(70)73-64-65(63-72-66(69)60-57-54-51-48-45-42-27-24-21-18-15-12-9-6-3)74-68(71)62-59-56-53-50-47-44-41-39-37-35-33-31-29-26-23-20-17-14-11-8-5-2/h24,27,30,32,65H,4-23,25-26,28-29,31,33-64H2,1-3H3/b27-24-,32-30-. The van der Waals surface area contributed by atoms with Crippen molar-refractivity contribution in [1.82, 2.24) is 0 Å². The summed E-state index contributed by atoms with van der Waals surface area (Å²) in [6.45, 7) is 6.70. The van der Waals surface area contributed by atoms with Crippen LogP contribution in [0.25, 0.3) is 0 Å². The molecule has 0 aromatic heterocycles. The van der Waals surface area contributed by atoms with Crippen molar-refractivity contribution in [2.75, 3.05) is 13.2 Å². The minimum Gasteiger partial charge on any atom is -0.462 e. The van der Waals surface area contributed by atoms with E-state index in [-0.39, 0.29) is 31.1 Å². The molecule has 0 bridgehead atoms. The maximum Gasteiger partial charge on any atom is 0.306 e. The maximum atomic E-state index is 12.9. The van der Waals surface area contributed by atoms with E-state index < -0.39 is 6.10 Å². The van der Waals surface area contributed by atoms with Gasteiger partial charge in [-0.05, 0) is 70.6 Å². The lowest BCUT2D eigenvalue weighted by Gasteiger charge is -2.18. The first-order valence-electron chi connectivity index (χ1n) is 33.3. The summed E-state index contributed by atoms with van der Waals surface area (Å²) in [7, 11) is 0. The summed E-state index contributed by atoms with van der Waals surface area (Å²) in [4.78, 5) is 38.3. The molecule has 0 spiro atoms. The number of hydrogen-bond donors (Lipinski definition) is 0. The summed E-state index contributed by atoms with van der Waals surface area (Å²) in [6.07, 6.45) is 76.2. The summed E-state index contributed by atoms with van der Waals surface area (Å²) in [6, 6.07) is 0. The Kier molecular flexibility index (Phi) is 61.6. The van der Waals surface area contributed by atoms with Crippen LogP contribution >= 0.6 is 0 Å². The molecule has 0 aromatic rings. The number of esters is 3. The molecule has 6 nitrogen and oxygen atoms in total. The number of carbonyl (C=O) groups is 3. The molecule has 0 aliphatic rings. The summed E-state index contributed by atoms with van der Waals surface area (Å²) in [5.74, 6) is -0.852. The Morgan fingerprint density at radius 2 is 0.446 bits per heavy atom. The molecule has 1 atom stereocenters. The Hall–Kier alpha value is -2.11. The minimum absolute atomic E-state index is 0.0699. The molecule has 6 heteroatoms. The van der Waals surface area contributed by atoms with Crippen LogP contribution in [0.5, 0.6) is 0 Å². The van der Waals surface area contributed by atoms with E-state index in [4.69, 9.17) is 14.2 Å². The van der Waals surface area contributed by atoms with Gasteiger partial charge in [0.25, 0.3) is 0 Å². The molecule has 74 heavy (non-hydrogen) atoms. The molecule has 0 fully saturated rings. The van der Waals surface area contributed by atoms with Gasteiger partial charge in [-0.15, -0.1) is 0 Å². The molecular weight excluding hydrogens is 913 g/mol. The van der Waals surface area contributed by atoms with Crippen molar-refractivity contribution >= 4 is 17.9 Å². The summed E-state index contributed by atoms with van der Waals surface area (Å²) < 4.78 is 17.0. The van der Waals surface area contributed by atoms with Gasteiger partial charge in [0.15, 0.2) is 6.10 Å². The number of hydrogen-bond acceptors (Lipinski definition) is 6. The number of rotatable bonds is 62. The predicted octanol–water partition coefficient (Wildman–Crippen LogP) is 22.6. The van der Waals surface area contributed by atoms with Crippen molar-refractivity contribution in [3.05, 3.63) is 24.3 Å². The quantitative estimate of drug-likeness (QED) is 0.0261. The van der Waals surface area contributed by atoms with Crippen molar-refractivity contribution in [3.63, 3.8) is 0 Å². The zero-order valence-corrected chi connectivity index (χ0v) is 50.1. The highest BCUT2D eigenvalue weighted by molar-refractivity contribution is 5.71. The van der Waals surface area contributed by atoms with E-state index in [1.807, 2.05) is 0 Å². The van der Waals surface area contributed by atoms with Crippen molar-refractivity contribution in [2.45, 2.75) is 380 Å². The van der Waals surface area contributed by atoms with Crippen molar-refractivity contribution in [3.8, 4) is 0 Å². The summed E-state index contributed by atoms with van der Waals surface area (Å²) >= 11 is 0. The molecule has 0 aromatic carbocycles. The smallest absolute Gasteiger partial charge is 0.306 e. The number of unbranched alkanes of at least 4 members (excludes halogenated alkanes) is 47. The lowest BCUT2D eigenvalue weighted by molar-refractivity contribution is -0.167. The molecular formula is C68H128O6. The number of carbonyl (C=O) groups excluding carboxylic acids is 3. The maximum absolute atomic E-state index is 12.9. The first-order chi connectivity index (χ1) is 36.5. The van der Waals surface area contributed by atoms with Crippen molar-refractivity contribution in [1.29, 1.82) is 0 Å². The van der Waals surface area contributed by atoms with Crippen LogP contribution in [-0.2, 0) is 28.6 Å². The van der Waals surface area contributed by atoms with Gasteiger partial charge in [-0.1, -0.05) is 308 Å². The van der Waals surface area contributed by atoms with Gasteiger partial charge >= 0.3 is 17.9 Å². The molecule has 0 heterocycles. The number of allylic oxidation sites excluding steroid dienone is 4. The second-order valence-corrected chi connectivity index (χ2v) is 22.7.